The number of carbonyl (C=O) groups excluding carboxylic acids is 1. The van der Waals surface area contributed by atoms with Gasteiger partial charge in [0.1, 0.15) is 23.7 Å². The molecule has 0 radical (unpaired) electrons. The maximum Gasteiger partial charge on any atom is 0.255 e. The maximum atomic E-state index is 11.7. The van der Waals surface area contributed by atoms with Crippen LogP contribution in [0.5, 0.6) is 11.5 Å². The first-order valence-electron chi connectivity index (χ1n) is 5.81. The van der Waals surface area contributed by atoms with Gasteiger partial charge in [0, 0.05) is 19.0 Å². The highest BCUT2D eigenvalue weighted by molar-refractivity contribution is 5.96. The molecule has 7 heteroatoms. The maximum absolute atomic E-state index is 11.7. The molecule has 0 spiro atoms. The number of hydrogen-bond acceptors (Lipinski definition) is 5. The van der Waals surface area contributed by atoms with Gasteiger partial charge in [-0.25, -0.2) is 4.98 Å². The van der Waals surface area contributed by atoms with Gasteiger partial charge in [-0.15, -0.1) is 0 Å². The molecular formula is C12H14N4O3. The molecule has 0 bridgehead atoms. The number of hydrogen-bond donors (Lipinski definition) is 4. The van der Waals surface area contributed by atoms with E-state index in [2.05, 4.69) is 20.5 Å². The molecule has 0 aliphatic heterocycles. The largest absolute Gasteiger partial charge is 0.508 e. The van der Waals surface area contributed by atoms with Crippen LogP contribution < -0.4 is 5.32 Å². The number of benzene rings is 1. The molecule has 2 rings (SSSR count). The topological polar surface area (TPSA) is 111 Å². The number of aromatic amines is 1. The molecule has 2 aromatic rings. The Hall–Kier alpha value is -2.57. The van der Waals surface area contributed by atoms with Crippen molar-refractivity contribution in [2.24, 2.45) is 0 Å². The predicted octanol–water partition coefficient (Wildman–Crippen LogP) is 0.578. The summed E-state index contributed by atoms with van der Waals surface area (Å²) in [5, 5.41) is 27.8. The Bertz CT molecular complexity index is 554. The van der Waals surface area contributed by atoms with Crippen LogP contribution in [0.25, 0.3) is 0 Å². The van der Waals surface area contributed by atoms with Crippen molar-refractivity contribution in [1.82, 2.24) is 20.5 Å². The quantitative estimate of drug-likeness (QED) is 0.589. The Kier molecular flexibility index (Phi) is 3.97. The number of aromatic nitrogens is 3. The van der Waals surface area contributed by atoms with Crippen molar-refractivity contribution in [2.45, 2.75) is 12.8 Å². The van der Waals surface area contributed by atoms with Crippen molar-refractivity contribution in [3.63, 3.8) is 0 Å². The van der Waals surface area contributed by atoms with E-state index >= 15 is 0 Å². The molecule has 0 aliphatic rings. The van der Waals surface area contributed by atoms with Crippen molar-refractivity contribution in [3.8, 4) is 11.5 Å². The van der Waals surface area contributed by atoms with Gasteiger partial charge in [-0.05, 0) is 18.6 Å². The average molecular weight is 262 g/mol. The van der Waals surface area contributed by atoms with E-state index in [0.29, 0.717) is 19.4 Å². The number of amides is 1. The van der Waals surface area contributed by atoms with E-state index in [1.807, 2.05) is 0 Å². The summed E-state index contributed by atoms with van der Waals surface area (Å²) in [6.45, 7) is 0.458. The summed E-state index contributed by atoms with van der Waals surface area (Å²) in [5.74, 6) is 0.0592. The summed E-state index contributed by atoms with van der Waals surface area (Å²) in [5.41, 5.74) is 0.137. The summed E-state index contributed by atoms with van der Waals surface area (Å²) >= 11 is 0. The summed E-state index contributed by atoms with van der Waals surface area (Å²) in [6, 6.07) is 3.85. The highest BCUT2D eigenvalue weighted by atomic mass is 16.3. The molecule has 0 saturated carbocycles. The van der Waals surface area contributed by atoms with Gasteiger partial charge in [0.25, 0.3) is 5.91 Å². The minimum absolute atomic E-state index is 0.0839. The third kappa shape index (κ3) is 3.44. The van der Waals surface area contributed by atoms with Crippen molar-refractivity contribution in [3.05, 3.63) is 35.9 Å². The number of aryl methyl sites for hydroxylation is 1. The third-order valence-electron chi connectivity index (χ3n) is 2.57. The zero-order chi connectivity index (χ0) is 13.7. The van der Waals surface area contributed by atoms with E-state index < -0.39 is 0 Å². The zero-order valence-electron chi connectivity index (χ0n) is 10.1. The zero-order valence-corrected chi connectivity index (χ0v) is 10.1. The molecule has 4 N–H and O–H groups in total. The summed E-state index contributed by atoms with van der Waals surface area (Å²) < 4.78 is 0. The number of carbonyl (C=O) groups is 1. The second-order valence-corrected chi connectivity index (χ2v) is 3.99. The Balaban J connectivity index is 1.81. The first kappa shape index (κ1) is 12.9. The monoisotopic (exact) mass is 262 g/mol. The van der Waals surface area contributed by atoms with E-state index in [1.54, 1.807) is 0 Å². The molecule has 0 aliphatic carbocycles. The molecule has 1 aromatic heterocycles. The number of nitrogens with zero attached hydrogens (tertiary/aromatic N) is 2. The molecule has 0 atom stereocenters. The Labute approximate surface area is 109 Å². The normalized spacial score (nSPS) is 10.3. The third-order valence-corrected chi connectivity index (χ3v) is 2.57. The number of nitrogens with one attached hydrogen (secondary N) is 2. The molecule has 0 saturated heterocycles. The van der Waals surface area contributed by atoms with E-state index in [0.717, 1.165) is 11.9 Å². The minimum atomic E-state index is -0.380. The van der Waals surface area contributed by atoms with Crippen LogP contribution >= 0.6 is 0 Å². The van der Waals surface area contributed by atoms with Crippen LogP contribution in [0.3, 0.4) is 0 Å². The predicted molar refractivity (Wildman–Crippen MR) is 66.8 cm³/mol. The molecule has 100 valence electrons. The fourth-order valence-corrected chi connectivity index (χ4v) is 1.62. The number of aromatic hydroxyl groups is 2. The lowest BCUT2D eigenvalue weighted by Gasteiger charge is -2.06. The number of H-pyrrole nitrogens is 1. The molecule has 0 fully saturated rings. The van der Waals surface area contributed by atoms with E-state index in [1.165, 1.54) is 18.5 Å². The van der Waals surface area contributed by atoms with Gasteiger partial charge in [-0.3, -0.25) is 9.89 Å². The minimum Gasteiger partial charge on any atom is -0.508 e. The van der Waals surface area contributed by atoms with Crippen molar-refractivity contribution in [2.75, 3.05) is 6.54 Å². The second kappa shape index (κ2) is 5.85. The molecule has 7 nitrogen and oxygen atoms in total. The standard InChI is InChI=1S/C12H14N4O3/c17-8-3-4-9(10(18)6-8)12(19)13-5-1-2-11-14-7-15-16-11/h3-4,6-7,17-18H,1-2,5H2,(H,13,19)(H,14,15,16). The SMILES string of the molecule is O=C(NCCCc1ncn[nH]1)c1ccc(O)cc1O. The lowest BCUT2D eigenvalue weighted by molar-refractivity contribution is 0.0950. The number of phenols is 2. The molecule has 19 heavy (non-hydrogen) atoms. The molecule has 1 aromatic carbocycles. The van der Waals surface area contributed by atoms with Gasteiger partial charge >= 0.3 is 0 Å². The van der Waals surface area contributed by atoms with Crippen LogP contribution in [0.15, 0.2) is 24.5 Å². The van der Waals surface area contributed by atoms with E-state index in [4.69, 9.17) is 5.11 Å². The van der Waals surface area contributed by atoms with Crippen molar-refractivity contribution < 1.29 is 15.0 Å². The Morgan fingerprint density at radius 3 is 2.89 bits per heavy atom. The van der Waals surface area contributed by atoms with Crippen molar-refractivity contribution in [1.29, 1.82) is 0 Å². The van der Waals surface area contributed by atoms with E-state index in [9.17, 15) is 9.90 Å². The van der Waals surface area contributed by atoms with Crippen LogP contribution in [-0.2, 0) is 6.42 Å². The smallest absolute Gasteiger partial charge is 0.255 e. The molecular weight excluding hydrogens is 248 g/mol. The molecule has 0 unspecified atom stereocenters. The van der Waals surface area contributed by atoms with Crippen LogP contribution in [0, 0.1) is 0 Å². The first-order valence-corrected chi connectivity index (χ1v) is 5.81. The fourth-order valence-electron chi connectivity index (χ4n) is 1.62. The second-order valence-electron chi connectivity index (χ2n) is 3.99. The summed E-state index contributed by atoms with van der Waals surface area (Å²) in [6.07, 6.45) is 2.82. The van der Waals surface area contributed by atoms with E-state index in [-0.39, 0.29) is 23.0 Å². The number of phenolic OH excluding ortho intramolecular Hbond substituents is 2. The van der Waals surface area contributed by atoms with Crippen molar-refractivity contribution >= 4 is 5.91 Å². The lowest BCUT2D eigenvalue weighted by atomic mass is 10.1. The van der Waals surface area contributed by atoms with Crippen LogP contribution in [-0.4, -0.2) is 37.8 Å². The Morgan fingerprint density at radius 1 is 1.37 bits per heavy atom. The Morgan fingerprint density at radius 2 is 2.21 bits per heavy atom. The lowest BCUT2D eigenvalue weighted by Crippen LogP contribution is -2.24. The van der Waals surface area contributed by atoms with Crippen LogP contribution in [0.1, 0.15) is 22.6 Å². The summed E-state index contributed by atoms with van der Waals surface area (Å²) in [4.78, 5) is 15.7. The van der Waals surface area contributed by atoms with Gasteiger partial charge < -0.3 is 15.5 Å². The van der Waals surface area contributed by atoms with Gasteiger partial charge in [0.2, 0.25) is 0 Å². The molecule has 1 amide bonds. The van der Waals surface area contributed by atoms with Gasteiger partial charge in [0.05, 0.1) is 5.56 Å². The van der Waals surface area contributed by atoms with Crippen LogP contribution in [0.2, 0.25) is 0 Å². The van der Waals surface area contributed by atoms with Crippen LogP contribution in [0.4, 0.5) is 0 Å². The number of rotatable bonds is 5. The highest BCUT2D eigenvalue weighted by Gasteiger charge is 2.10. The molecule has 1 heterocycles. The summed E-state index contributed by atoms with van der Waals surface area (Å²) in [7, 11) is 0. The highest BCUT2D eigenvalue weighted by Crippen LogP contribution is 2.22. The fraction of sp³-hybridized carbons (Fsp3) is 0.250. The van der Waals surface area contributed by atoms with Gasteiger partial charge in [-0.1, -0.05) is 0 Å². The van der Waals surface area contributed by atoms with Gasteiger partial charge in [0.15, 0.2) is 0 Å². The van der Waals surface area contributed by atoms with Gasteiger partial charge in [-0.2, -0.15) is 5.10 Å². The first-order chi connectivity index (χ1) is 9.16. The average Bonchev–Trinajstić information content (AvgIpc) is 2.87.